The molecule has 3 rings (SSSR count). The molecule has 138 valence electrons. The fourth-order valence-corrected chi connectivity index (χ4v) is 3.02. The monoisotopic (exact) mass is 356 g/mol. The lowest BCUT2D eigenvalue weighted by Crippen LogP contribution is -2.39. The van der Waals surface area contributed by atoms with Gasteiger partial charge in [0.25, 0.3) is 0 Å². The van der Waals surface area contributed by atoms with Crippen molar-refractivity contribution in [3.05, 3.63) is 65.0 Å². The third-order valence-electron chi connectivity index (χ3n) is 4.66. The molecular weight excluding hydrogens is 331 g/mol. The van der Waals surface area contributed by atoms with E-state index >= 15 is 0 Å². The molecule has 0 heterocycles. The number of hydrogen-bond donors (Lipinski definition) is 2. The standard InChI is InChI=1S/C21H25FN2O2/c1-13-4-11-19(26-3)18(12-13)14(2)23-20(21(25)24-17-9-10-17)15-5-7-16(22)8-6-15/h4-8,11-12,14,17,20,23H,9-10H2,1-3H3,(H,24,25). The summed E-state index contributed by atoms with van der Waals surface area (Å²) in [5, 5.41) is 6.43. The second kappa shape index (κ2) is 7.87. The van der Waals surface area contributed by atoms with E-state index < -0.39 is 6.04 Å². The highest BCUT2D eigenvalue weighted by Gasteiger charge is 2.29. The Labute approximate surface area is 153 Å². The van der Waals surface area contributed by atoms with E-state index in [0.29, 0.717) is 0 Å². The number of hydrogen-bond acceptors (Lipinski definition) is 3. The first-order chi connectivity index (χ1) is 12.5. The third-order valence-corrected chi connectivity index (χ3v) is 4.66. The fraction of sp³-hybridized carbons (Fsp3) is 0.381. The Balaban J connectivity index is 1.85. The first-order valence-electron chi connectivity index (χ1n) is 8.94. The molecule has 0 spiro atoms. The van der Waals surface area contributed by atoms with E-state index in [0.717, 1.165) is 35.3 Å². The van der Waals surface area contributed by atoms with Crippen LogP contribution in [0.25, 0.3) is 0 Å². The molecule has 2 aromatic carbocycles. The zero-order valence-electron chi connectivity index (χ0n) is 15.4. The molecule has 1 aliphatic rings. The summed E-state index contributed by atoms with van der Waals surface area (Å²) in [5.41, 5.74) is 2.84. The highest BCUT2D eigenvalue weighted by atomic mass is 19.1. The van der Waals surface area contributed by atoms with Crippen LogP contribution in [0.2, 0.25) is 0 Å². The van der Waals surface area contributed by atoms with Crippen LogP contribution in [-0.2, 0) is 4.79 Å². The van der Waals surface area contributed by atoms with Crippen LogP contribution in [0, 0.1) is 12.7 Å². The topological polar surface area (TPSA) is 50.4 Å². The van der Waals surface area contributed by atoms with Crippen molar-refractivity contribution >= 4 is 5.91 Å². The van der Waals surface area contributed by atoms with Crippen LogP contribution in [0.15, 0.2) is 42.5 Å². The normalized spacial score (nSPS) is 16.0. The molecule has 2 atom stereocenters. The van der Waals surface area contributed by atoms with E-state index in [9.17, 15) is 9.18 Å². The zero-order valence-corrected chi connectivity index (χ0v) is 15.4. The van der Waals surface area contributed by atoms with Gasteiger partial charge in [-0.2, -0.15) is 0 Å². The maximum atomic E-state index is 13.3. The summed E-state index contributed by atoms with van der Waals surface area (Å²) in [7, 11) is 1.64. The van der Waals surface area contributed by atoms with Crippen molar-refractivity contribution in [1.82, 2.24) is 10.6 Å². The largest absolute Gasteiger partial charge is 0.496 e. The van der Waals surface area contributed by atoms with Gasteiger partial charge in [-0.1, -0.05) is 29.8 Å². The lowest BCUT2D eigenvalue weighted by Gasteiger charge is -2.25. The Hall–Kier alpha value is -2.40. The number of aryl methyl sites for hydroxylation is 1. The lowest BCUT2D eigenvalue weighted by atomic mass is 10.0. The molecule has 0 aliphatic heterocycles. The van der Waals surface area contributed by atoms with Gasteiger partial charge in [0.15, 0.2) is 0 Å². The molecule has 0 saturated heterocycles. The maximum absolute atomic E-state index is 13.3. The van der Waals surface area contributed by atoms with Crippen molar-refractivity contribution in [3.8, 4) is 5.75 Å². The van der Waals surface area contributed by atoms with E-state index in [2.05, 4.69) is 16.7 Å². The summed E-state index contributed by atoms with van der Waals surface area (Å²) < 4.78 is 18.8. The van der Waals surface area contributed by atoms with Crippen molar-refractivity contribution in [2.24, 2.45) is 0 Å². The molecule has 4 nitrogen and oxygen atoms in total. The second-order valence-electron chi connectivity index (χ2n) is 6.90. The summed E-state index contributed by atoms with van der Waals surface area (Å²) in [6.45, 7) is 4.02. The highest BCUT2D eigenvalue weighted by Crippen LogP contribution is 2.29. The van der Waals surface area contributed by atoms with Crippen LogP contribution in [-0.4, -0.2) is 19.1 Å². The molecule has 0 bridgehead atoms. The summed E-state index contributed by atoms with van der Waals surface area (Å²) in [6, 6.07) is 11.6. The SMILES string of the molecule is COc1ccc(C)cc1C(C)NC(C(=O)NC1CC1)c1ccc(F)cc1. The summed E-state index contributed by atoms with van der Waals surface area (Å²) in [5.74, 6) is 0.372. The molecule has 1 amide bonds. The number of halogens is 1. The van der Waals surface area contributed by atoms with Crippen LogP contribution in [0.3, 0.4) is 0 Å². The predicted octanol–water partition coefficient (Wildman–Crippen LogP) is 3.81. The van der Waals surface area contributed by atoms with Gasteiger partial charge in [0.2, 0.25) is 5.91 Å². The van der Waals surface area contributed by atoms with E-state index in [1.807, 2.05) is 26.0 Å². The number of rotatable bonds is 7. The highest BCUT2D eigenvalue weighted by molar-refractivity contribution is 5.83. The van der Waals surface area contributed by atoms with Gasteiger partial charge < -0.3 is 10.1 Å². The molecule has 5 heteroatoms. The number of amides is 1. The van der Waals surface area contributed by atoms with Gasteiger partial charge in [-0.3, -0.25) is 10.1 Å². The molecule has 26 heavy (non-hydrogen) atoms. The van der Waals surface area contributed by atoms with Crippen LogP contribution in [0.4, 0.5) is 4.39 Å². The minimum atomic E-state index is -0.559. The van der Waals surface area contributed by atoms with E-state index in [-0.39, 0.29) is 23.8 Å². The van der Waals surface area contributed by atoms with Crippen molar-refractivity contribution in [3.63, 3.8) is 0 Å². The maximum Gasteiger partial charge on any atom is 0.241 e. The summed E-state index contributed by atoms with van der Waals surface area (Å²) in [4.78, 5) is 12.8. The van der Waals surface area contributed by atoms with Crippen molar-refractivity contribution < 1.29 is 13.9 Å². The van der Waals surface area contributed by atoms with Crippen LogP contribution in [0.5, 0.6) is 5.75 Å². The molecule has 1 aliphatic carbocycles. The fourth-order valence-electron chi connectivity index (χ4n) is 3.02. The minimum absolute atomic E-state index is 0.0856. The van der Waals surface area contributed by atoms with Gasteiger partial charge in [0.05, 0.1) is 7.11 Å². The van der Waals surface area contributed by atoms with Crippen molar-refractivity contribution in [1.29, 1.82) is 0 Å². The smallest absolute Gasteiger partial charge is 0.241 e. The van der Waals surface area contributed by atoms with E-state index in [4.69, 9.17) is 4.74 Å². The molecule has 2 unspecified atom stereocenters. The Kier molecular flexibility index (Phi) is 5.57. The van der Waals surface area contributed by atoms with E-state index in [1.165, 1.54) is 12.1 Å². The molecule has 2 aromatic rings. The quantitative estimate of drug-likeness (QED) is 0.793. The number of nitrogens with one attached hydrogen (secondary N) is 2. The number of carbonyl (C=O) groups excluding carboxylic acids is 1. The van der Waals surface area contributed by atoms with Gasteiger partial charge in [0, 0.05) is 17.6 Å². The summed E-state index contributed by atoms with van der Waals surface area (Å²) in [6.07, 6.45) is 2.03. The second-order valence-corrected chi connectivity index (χ2v) is 6.90. The lowest BCUT2D eigenvalue weighted by molar-refractivity contribution is -0.123. The molecule has 1 saturated carbocycles. The predicted molar refractivity (Wildman–Crippen MR) is 99.6 cm³/mol. The van der Waals surface area contributed by atoms with Crippen LogP contribution >= 0.6 is 0 Å². The van der Waals surface area contributed by atoms with Gasteiger partial charge in [-0.05, 0) is 50.5 Å². The molecular formula is C21H25FN2O2. The zero-order chi connectivity index (χ0) is 18.7. The Morgan fingerprint density at radius 3 is 2.50 bits per heavy atom. The van der Waals surface area contributed by atoms with Gasteiger partial charge >= 0.3 is 0 Å². The molecule has 0 radical (unpaired) electrons. The van der Waals surface area contributed by atoms with Crippen LogP contribution < -0.4 is 15.4 Å². The van der Waals surface area contributed by atoms with E-state index in [1.54, 1.807) is 19.2 Å². The number of carbonyl (C=O) groups is 1. The van der Waals surface area contributed by atoms with Crippen molar-refractivity contribution in [2.45, 2.75) is 44.8 Å². The van der Waals surface area contributed by atoms with Gasteiger partial charge in [-0.15, -0.1) is 0 Å². The average molecular weight is 356 g/mol. The average Bonchev–Trinajstić information content (AvgIpc) is 3.44. The number of methoxy groups -OCH3 is 1. The minimum Gasteiger partial charge on any atom is -0.496 e. The third kappa shape index (κ3) is 4.41. The molecule has 1 fully saturated rings. The number of benzene rings is 2. The first-order valence-corrected chi connectivity index (χ1v) is 8.94. The Morgan fingerprint density at radius 2 is 1.88 bits per heavy atom. The molecule has 0 aromatic heterocycles. The Morgan fingerprint density at radius 1 is 1.19 bits per heavy atom. The Bertz CT molecular complexity index is 772. The van der Waals surface area contributed by atoms with Gasteiger partial charge in [-0.25, -0.2) is 4.39 Å². The molecule has 2 N–H and O–H groups in total. The first kappa shape index (κ1) is 18.4. The summed E-state index contributed by atoms with van der Waals surface area (Å²) >= 11 is 0. The van der Waals surface area contributed by atoms with Crippen molar-refractivity contribution in [2.75, 3.05) is 7.11 Å². The number of ether oxygens (including phenoxy) is 1. The van der Waals surface area contributed by atoms with Crippen LogP contribution in [0.1, 0.15) is 48.5 Å². The van der Waals surface area contributed by atoms with Gasteiger partial charge in [0.1, 0.15) is 17.6 Å².